The summed E-state index contributed by atoms with van der Waals surface area (Å²) in [6.07, 6.45) is -0.458. The summed E-state index contributed by atoms with van der Waals surface area (Å²) in [5, 5.41) is 11.4. The van der Waals surface area contributed by atoms with Crippen molar-refractivity contribution in [2.75, 3.05) is 6.61 Å². The second kappa shape index (κ2) is 8.03. The number of ether oxygens (including phenoxy) is 1. The molecule has 0 radical (unpaired) electrons. The maximum atomic E-state index is 14.2. The summed E-state index contributed by atoms with van der Waals surface area (Å²) in [5.74, 6) is -3.62. The lowest BCUT2D eigenvalue weighted by Gasteiger charge is -2.13. The van der Waals surface area contributed by atoms with Gasteiger partial charge in [-0.3, -0.25) is 10.1 Å². The number of hydrogen-bond acceptors (Lipinski definition) is 3. The molecule has 134 valence electrons. The summed E-state index contributed by atoms with van der Waals surface area (Å²) in [6, 6.07) is 4.84. The monoisotopic (exact) mass is 465 g/mol. The van der Waals surface area contributed by atoms with Crippen molar-refractivity contribution in [1.29, 1.82) is 0 Å². The third-order valence-corrected chi connectivity index (χ3v) is 4.06. The molecular formula is C17H15F3INO3. The molecule has 0 saturated carbocycles. The number of hydrogen-bond donors (Lipinski definition) is 0. The third kappa shape index (κ3) is 4.62. The fourth-order valence-corrected chi connectivity index (χ4v) is 2.68. The maximum Gasteiger partial charge on any atom is 0.317 e. The minimum Gasteiger partial charge on any atom is -0.486 e. The molecule has 2 rings (SSSR count). The Bertz CT molecular complexity index is 812. The molecule has 0 bridgehead atoms. The molecule has 2 aromatic rings. The van der Waals surface area contributed by atoms with E-state index in [0.29, 0.717) is 9.64 Å². The predicted molar refractivity (Wildman–Crippen MR) is 95.3 cm³/mol. The fraction of sp³-hybridized carbons (Fsp3) is 0.294. The molecule has 0 aliphatic rings. The minimum absolute atomic E-state index is 0.0304. The van der Waals surface area contributed by atoms with E-state index in [2.05, 4.69) is 0 Å². The molecule has 0 spiro atoms. The van der Waals surface area contributed by atoms with Crippen LogP contribution in [0.4, 0.5) is 18.9 Å². The Morgan fingerprint density at radius 3 is 2.44 bits per heavy atom. The first-order valence-corrected chi connectivity index (χ1v) is 8.50. The van der Waals surface area contributed by atoms with Crippen LogP contribution in [0.1, 0.15) is 25.0 Å². The SMILES string of the molecule is CC(C)COc1cc(F)c(F)c(Cc2ccc(I)cc2F)c1[N+](=O)[O-]. The van der Waals surface area contributed by atoms with Crippen LogP contribution >= 0.6 is 22.6 Å². The van der Waals surface area contributed by atoms with Gasteiger partial charge in [-0.1, -0.05) is 19.9 Å². The van der Waals surface area contributed by atoms with Gasteiger partial charge in [-0.15, -0.1) is 0 Å². The first-order valence-electron chi connectivity index (χ1n) is 7.42. The van der Waals surface area contributed by atoms with E-state index in [1.165, 1.54) is 12.1 Å². The van der Waals surface area contributed by atoms with Crippen LogP contribution in [0.15, 0.2) is 24.3 Å². The molecule has 0 aromatic heterocycles. The zero-order valence-corrected chi connectivity index (χ0v) is 15.6. The smallest absolute Gasteiger partial charge is 0.317 e. The van der Waals surface area contributed by atoms with Crippen molar-refractivity contribution < 1.29 is 22.8 Å². The molecule has 0 atom stereocenters. The molecule has 0 saturated heterocycles. The van der Waals surface area contributed by atoms with E-state index in [-0.39, 0.29) is 23.8 Å². The molecule has 0 amide bonds. The van der Waals surface area contributed by atoms with Gasteiger partial charge in [0.15, 0.2) is 11.6 Å². The van der Waals surface area contributed by atoms with Crippen LogP contribution in [-0.4, -0.2) is 11.5 Å². The zero-order valence-electron chi connectivity index (χ0n) is 13.5. The van der Waals surface area contributed by atoms with Gasteiger partial charge in [-0.2, -0.15) is 0 Å². The Labute approximate surface area is 156 Å². The van der Waals surface area contributed by atoms with Gasteiger partial charge in [0.25, 0.3) is 0 Å². The molecule has 2 aromatic carbocycles. The Kier molecular flexibility index (Phi) is 6.26. The van der Waals surface area contributed by atoms with E-state index in [4.69, 9.17) is 4.74 Å². The summed E-state index contributed by atoms with van der Waals surface area (Å²) in [7, 11) is 0. The van der Waals surface area contributed by atoms with Gasteiger partial charge in [0.05, 0.1) is 17.1 Å². The number of halogens is 4. The van der Waals surface area contributed by atoms with E-state index < -0.39 is 40.0 Å². The van der Waals surface area contributed by atoms with Crippen LogP contribution in [0, 0.1) is 37.1 Å². The zero-order chi connectivity index (χ0) is 18.7. The largest absolute Gasteiger partial charge is 0.486 e. The topological polar surface area (TPSA) is 52.4 Å². The van der Waals surface area contributed by atoms with Crippen molar-refractivity contribution in [3.8, 4) is 5.75 Å². The Hall–Kier alpha value is -1.84. The summed E-state index contributed by atoms with van der Waals surface area (Å²) < 4.78 is 48.1. The van der Waals surface area contributed by atoms with Crippen LogP contribution in [-0.2, 0) is 6.42 Å². The summed E-state index contributed by atoms with van der Waals surface area (Å²) in [4.78, 5) is 10.6. The molecule has 0 aliphatic carbocycles. The van der Waals surface area contributed by atoms with Crippen LogP contribution in [0.25, 0.3) is 0 Å². The average molecular weight is 465 g/mol. The highest BCUT2D eigenvalue weighted by Gasteiger charge is 2.29. The van der Waals surface area contributed by atoms with E-state index in [9.17, 15) is 23.3 Å². The van der Waals surface area contributed by atoms with Gasteiger partial charge < -0.3 is 4.74 Å². The number of nitro benzene ring substituents is 1. The molecule has 0 fully saturated rings. The Morgan fingerprint density at radius 2 is 1.88 bits per heavy atom. The van der Waals surface area contributed by atoms with Crippen molar-refractivity contribution in [2.45, 2.75) is 20.3 Å². The van der Waals surface area contributed by atoms with E-state index in [1.807, 2.05) is 36.4 Å². The van der Waals surface area contributed by atoms with Crippen molar-refractivity contribution in [3.05, 3.63) is 66.5 Å². The van der Waals surface area contributed by atoms with Gasteiger partial charge >= 0.3 is 5.69 Å². The highest BCUT2D eigenvalue weighted by atomic mass is 127. The molecule has 0 N–H and O–H groups in total. The highest BCUT2D eigenvalue weighted by Crippen LogP contribution is 2.36. The molecule has 0 heterocycles. The lowest BCUT2D eigenvalue weighted by atomic mass is 10.0. The second-order valence-electron chi connectivity index (χ2n) is 5.87. The van der Waals surface area contributed by atoms with Crippen molar-refractivity contribution >= 4 is 28.3 Å². The first-order chi connectivity index (χ1) is 11.7. The molecule has 4 nitrogen and oxygen atoms in total. The Morgan fingerprint density at radius 1 is 1.20 bits per heavy atom. The number of nitrogens with zero attached hydrogens (tertiary/aromatic N) is 1. The summed E-state index contributed by atoms with van der Waals surface area (Å²) in [6.45, 7) is 3.73. The molecule has 0 aliphatic heterocycles. The van der Waals surface area contributed by atoms with Crippen LogP contribution in [0.2, 0.25) is 0 Å². The van der Waals surface area contributed by atoms with Gasteiger partial charge in [-0.25, -0.2) is 13.2 Å². The normalized spacial score (nSPS) is 11.0. The molecule has 0 unspecified atom stereocenters. The molecule has 25 heavy (non-hydrogen) atoms. The van der Waals surface area contributed by atoms with Gasteiger partial charge in [0, 0.05) is 16.1 Å². The van der Waals surface area contributed by atoms with Gasteiger partial charge in [-0.05, 0) is 46.2 Å². The number of nitro groups is 1. The maximum absolute atomic E-state index is 14.2. The summed E-state index contributed by atoms with van der Waals surface area (Å²) >= 11 is 1.90. The molecule has 8 heteroatoms. The Balaban J connectivity index is 2.56. The van der Waals surface area contributed by atoms with Crippen molar-refractivity contribution in [3.63, 3.8) is 0 Å². The van der Waals surface area contributed by atoms with E-state index >= 15 is 0 Å². The lowest BCUT2D eigenvalue weighted by Crippen LogP contribution is -2.10. The fourth-order valence-electron chi connectivity index (χ4n) is 2.23. The quantitative estimate of drug-likeness (QED) is 0.333. The lowest BCUT2D eigenvalue weighted by molar-refractivity contribution is -0.386. The number of benzene rings is 2. The van der Waals surface area contributed by atoms with Gasteiger partial charge in [0.1, 0.15) is 5.82 Å². The van der Waals surface area contributed by atoms with Crippen LogP contribution in [0.5, 0.6) is 5.75 Å². The van der Waals surface area contributed by atoms with Gasteiger partial charge in [0.2, 0.25) is 5.75 Å². The second-order valence-corrected chi connectivity index (χ2v) is 7.12. The highest BCUT2D eigenvalue weighted by molar-refractivity contribution is 14.1. The van der Waals surface area contributed by atoms with Crippen LogP contribution in [0.3, 0.4) is 0 Å². The van der Waals surface area contributed by atoms with Crippen molar-refractivity contribution in [2.24, 2.45) is 5.92 Å². The minimum atomic E-state index is -1.37. The van der Waals surface area contributed by atoms with Crippen LogP contribution < -0.4 is 4.74 Å². The number of rotatable bonds is 6. The van der Waals surface area contributed by atoms with E-state index in [0.717, 1.165) is 0 Å². The third-order valence-electron chi connectivity index (χ3n) is 3.39. The molecular weight excluding hydrogens is 450 g/mol. The summed E-state index contributed by atoms with van der Waals surface area (Å²) in [5.41, 5.74) is -1.19. The first kappa shape index (κ1) is 19.5. The average Bonchev–Trinajstić information content (AvgIpc) is 2.51. The van der Waals surface area contributed by atoms with E-state index in [1.54, 1.807) is 6.07 Å². The predicted octanol–water partition coefficient (Wildman–Crippen LogP) is 5.24. The van der Waals surface area contributed by atoms with Crippen molar-refractivity contribution in [1.82, 2.24) is 0 Å². The standard InChI is InChI=1S/C17H15F3INO3/c1-9(2)8-25-15-7-14(19)16(20)12(17(15)22(23)24)5-10-3-4-11(21)6-13(10)18/h3-4,6-7,9H,5,8H2,1-2H3.